The molecule has 9 heteroatoms. The molecular weight excluding hydrogens is 313 g/mol. The number of carboxylic acid groups (broad SMARTS) is 1. The van der Waals surface area contributed by atoms with Crippen molar-refractivity contribution in [3.05, 3.63) is 29.3 Å². The van der Waals surface area contributed by atoms with E-state index in [-0.39, 0.29) is 17.9 Å². The number of rotatable bonds is 3. The summed E-state index contributed by atoms with van der Waals surface area (Å²) < 4.78 is 66.4. The third-order valence-electron chi connectivity index (χ3n) is 3.02. The lowest BCUT2D eigenvalue weighted by Crippen LogP contribution is -2.20. The van der Waals surface area contributed by atoms with Gasteiger partial charge < -0.3 is 9.84 Å². The van der Waals surface area contributed by atoms with Gasteiger partial charge in [-0.3, -0.25) is 0 Å². The molecule has 0 bridgehead atoms. The summed E-state index contributed by atoms with van der Waals surface area (Å²) in [5.41, 5.74) is -1.75. The van der Waals surface area contributed by atoms with Crippen molar-refractivity contribution >= 4 is 15.8 Å². The van der Waals surface area contributed by atoms with Gasteiger partial charge in [0.15, 0.2) is 9.84 Å². The Morgan fingerprint density at radius 3 is 2.48 bits per heavy atom. The fraction of sp³-hybridized carbons (Fsp3) is 0.417. The molecule has 1 aliphatic rings. The Kier molecular flexibility index (Phi) is 3.87. The molecule has 1 atom stereocenters. The third kappa shape index (κ3) is 3.66. The van der Waals surface area contributed by atoms with Crippen LogP contribution in [0.25, 0.3) is 0 Å². The normalized spacial score (nSPS) is 21.2. The molecule has 1 aromatic rings. The number of hydrogen-bond acceptors (Lipinski definition) is 4. The Labute approximate surface area is 118 Å². The molecule has 1 heterocycles. The van der Waals surface area contributed by atoms with Crippen molar-refractivity contribution in [1.82, 2.24) is 0 Å². The minimum Gasteiger partial charge on any atom is -0.489 e. The number of benzene rings is 1. The first-order valence-electron chi connectivity index (χ1n) is 5.90. The molecule has 0 radical (unpaired) electrons. The molecule has 2 rings (SSSR count). The molecule has 1 N–H and O–H groups in total. The van der Waals surface area contributed by atoms with Gasteiger partial charge in [-0.2, -0.15) is 13.2 Å². The van der Waals surface area contributed by atoms with Gasteiger partial charge in [0.1, 0.15) is 11.9 Å². The first-order chi connectivity index (χ1) is 9.58. The summed E-state index contributed by atoms with van der Waals surface area (Å²) >= 11 is 0. The quantitative estimate of drug-likeness (QED) is 0.919. The van der Waals surface area contributed by atoms with Crippen molar-refractivity contribution in [2.24, 2.45) is 0 Å². The van der Waals surface area contributed by atoms with E-state index in [2.05, 4.69) is 0 Å². The number of alkyl halides is 3. The van der Waals surface area contributed by atoms with Gasteiger partial charge in [-0.15, -0.1) is 0 Å². The molecule has 116 valence electrons. The summed E-state index contributed by atoms with van der Waals surface area (Å²) in [6.07, 6.45) is -5.54. The van der Waals surface area contributed by atoms with Crippen LogP contribution in [0.4, 0.5) is 13.2 Å². The molecule has 1 aliphatic heterocycles. The van der Waals surface area contributed by atoms with Crippen LogP contribution in [0.3, 0.4) is 0 Å². The lowest BCUT2D eigenvalue weighted by Gasteiger charge is -2.17. The summed E-state index contributed by atoms with van der Waals surface area (Å²) in [6, 6.07) is 2.36. The maximum atomic E-state index is 12.9. The molecular formula is C12H11F3O5S. The minimum absolute atomic E-state index is 0.111. The molecule has 0 aromatic heterocycles. The molecule has 1 saturated heterocycles. The zero-order valence-corrected chi connectivity index (χ0v) is 11.4. The zero-order chi connectivity index (χ0) is 15.8. The number of carboxylic acids is 1. The van der Waals surface area contributed by atoms with Gasteiger partial charge in [-0.25, -0.2) is 13.2 Å². The predicted molar refractivity (Wildman–Crippen MR) is 66.1 cm³/mol. The van der Waals surface area contributed by atoms with Crippen LogP contribution in [-0.2, 0) is 16.0 Å². The van der Waals surface area contributed by atoms with Gasteiger partial charge in [0, 0.05) is 0 Å². The van der Waals surface area contributed by atoms with Crippen LogP contribution >= 0.6 is 0 Å². The smallest absolute Gasteiger partial charge is 0.419 e. The van der Waals surface area contributed by atoms with Gasteiger partial charge >= 0.3 is 12.1 Å². The van der Waals surface area contributed by atoms with Crippen molar-refractivity contribution in [2.45, 2.75) is 18.7 Å². The van der Waals surface area contributed by atoms with Gasteiger partial charge in [0.2, 0.25) is 0 Å². The Balaban J connectivity index is 2.33. The predicted octanol–water partition coefficient (Wildman–Crippen LogP) is 1.97. The summed E-state index contributed by atoms with van der Waals surface area (Å²) in [6.45, 7) is 0. The maximum absolute atomic E-state index is 12.9. The molecule has 21 heavy (non-hydrogen) atoms. The van der Waals surface area contributed by atoms with Crippen LogP contribution < -0.4 is 4.74 Å². The number of sulfone groups is 1. The Bertz CT molecular complexity index is 666. The molecule has 1 aromatic carbocycles. The first-order valence-corrected chi connectivity index (χ1v) is 7.72. The fourth-order valence-electron chi connectivity index (χ4n) is 2.02. The molecule has 0 aliphatic carbocycles. The Morgan fingerprint density at radius 1 is 1.33 bits per heavy atom. The van der Waals surface area contributed by atoms with Gasteiger partial charge in [0.25, 0.3) is 0 Å². The monoisotopic (exact) mass is 324 g/mol. The van der Waals surface area contributed by atoms with Crippen LogP contribution in [0.5, 0.6) is 5.75 Å². The van der Waals surface area contributed by atoms with E-state index in [1.54, 1.807) is 0 Å². The molecule has 0 saturated carbocycles. The second-order valence-electron chi connectivity index (χ2n) is 4.66. The summed E-state index contributed by atoms with van der Waals surface area (Å²) in [5, 5.41) is 8.73. The number of carbonyl (C=O) groups is 1. The number of halogens is 3. The average Bonchev–Trinajstić information content (AvgIpc) is 2.67. The van der Waals surface area contributed by atoms with Crippen LogP contribution in [-0.4, -0.2) is 37.1 Å². The number of hydrogen-bond donors (Lipinski definition) is 1. The fourth-order valence-corrected chi connectivity index (χ4v) is 3.61. The second-order valence-corrected chi connectivity index (χ2v) is 6.89. The summed E-state index contributed by atoms with van der Waals surface area (Å²) in [5.74, 6) is -2.53. The maximum Gasteiger partial charge on any atom is 0.419 e. The van der Waals surface area contributed by atoms with E-state index in [1.807, 2.05) is 0 Å². The number of aromatic carboxylic acids is 1. The summed E-state index contributed by atoms with van der Waals surface area (Å²) in [7, 11) is -3.29. The van der Waals surface area contributed by atoms with Crippen LogP contribution in [0, 0.1) is 0 Å². The molecule has 1 fully saturated rings. The second kappa shape index (κ2) is 5.21. The topological polar surface area (TPSA) is 80.7 Å². The van der Waals surface area contributed by atoms with E-state index >= 15 is 0 Å². The lowest BCUT2D eigenvalue weighted by atomic mass is 10.1. The summed E-state index contributed by atoms with van der Waals surface area (Å²) in [4.78, 5) is 10.7. The van der Waals surface area contributed by atoms with Crippen molar-refractivity contribution in [2.75, 3.05) is 11.5 Å². The van der Waals surface area contributed by atoms with E-state index in [4.69, 9.17) is 9.84 Å². The molecule has 5 nitrogen and oxygen atoms in total. The van der Waals surface area contributed by atoms with E-state index in [9.17, 15) is 26.4 Å². The van der Waals surface area contributed by atoms with Crippen LogP contribution in [0.1, 0.15) is 22.3 Å². The Hall–Kier alpha value is -1.77. The van der Waals surface area contributed by atoms with Crippen molar-refractivity contribution < 1.29 is 36.2 Å². The van der Waals surface area contributed by atoms with Gasteiger partial charge in [-0.05, 0) is 24.6 Å². The molecule has 0 spiro atoms. The van der Waals surface area contributed by atoms with E-state index in [0.29, 0.717) is 6.07 Å². The Morgan fingerprint density at radius 2 is 2.00 bits per heavy atom. The molecule has 1 unspecified atom stereocenters. The lowest BCUT2D eigenvalue weighted by molar-refractivity contribution is -0.139. The highest BCUT2D eigenvalue weighted by Gasteiger charge is 2.37. The highest BCUT2D eigenvalue weighted by atomic mass is 32.2. The van der Waals surface area contributed by atoms with Crippen molar-refractivity contribution in [1.29, 1.82) is 0 Å². The number of ether oxygens (including phenoxy) is 1. The SMILES string of the molecule is O=C(O)c1ccc(OC2CCS(=O)(=O)C2)c(C(F)(F)F)c1. The minimum atomic E-state index is -4.79. The highest BCUT2D eigenvalue weighted by molar-refractivity contribution is 7.91. The first kappa shape index (κ1) is 15.6. The van der Waals surface area contributed by atoms with Crippen LogP contribution in [0.15, 0.2) is 18.2 Å². The molecule has 0 amide bonds. The van der Waals surface area contributed by atoms with E-state index in [0.717, 1.165) is 12.1 Å². The zero-order valence-electron chi connectivity index (χ0n) is 10.6. The van der Waals surface area contributed by atoms with Gasteiger partial charge in [0.05, 0.1) is 22.6 Å². The van der Waals surface area contributed by atoms with E-state index < -0.39 is 45.0 Å². The van der Waals surface area contributed by atoms with Gasteiger partial charge in [-0.1, -0.05) is 0 Å². The van der Waals surface area contributed by atoms with Crippen molar-refractivity contribution in [3.63, 3.8) is 0 Å². The standard InChI is InChI=1S/C12H11F3O5S/c13-12(14,15)9-5-7(11(16)17)1-2-10(9)20-8-3-4-21(18,19)6-8/h1-2,5,8H,3-4,6H2,(H,16,17). The largest absolute Gasteiger partial charge is 0.489 e. The highest BCUT2D eigenvalue weighted by Crippen LogP contribution is 2.38. The van der Waals surface area contributed by atoms with E-state index in [1.165, 1.54) is 0 Å². The average molecular weight is 324 g/mol. The third-order valence-corrected chi connectivity index (χ3v) is 4.75. The van der Waals surface area contributed by atoms with Crippen LogP contribution in [0.2, 0.25) is 0 Å². The van der Waals surface area contributed by atoms with Crippen molar-refractivity contribution in [3.8, 4) is 5.75 Å².